The van der Waals surface area contributed by atoms with E-state index >= 15 is 0 Å². The second kappa shape index (κ2) is 4.35. The summed E-state index contributed by atoms with van der Waals surface area (Å²) in [6, 6.07) is 0. The topological polar surface area (TPSA) is 44.8 Å². The van der Waals surface area contributed by atoms with E-state index in [1.807, 2.05) is 0 Å². The summed E-state index contributed by atoms with van der Waals surface area (Å²) in [7, 11) is -4.21. The summed E-state index contributed by atoms with van der Waals surface area (Å²) in [5.74, 6) is 2.12. The molecular formula is C5H7BrFO4P. The van der Waals surface area contributed by atoms with Crippen LogP contribution in [0, 0.1) is 12.3 Å². The van der Waals surface area contributed by atoms with Gasteiger partial charge in [-0.05, 0) is 18.4 Å². The summed E-state index contributed by atoms with van der Waals surface area (Å²) >= 11 is 2.29. The lowest BCUT2D eigenvalue weighted by atomic mass is 10.2. The molecule has 0 amide bonds. The van der Waals surface area contributed by atoms with Crippen molar-refractivity contribution in [3.63, 3.8) is 0 Å². The van der Waals surface area contributed by atoms with Crippen molar-refractivity contribution < 1.29 is 22.0 Å². The highest BCUT2D eigenvalue weighted by molar-refractivity contribution is 9.06. The molecule has 0 aliphatic rings. The summed E-state index contributed by atoms with van der Waals surface area (Å²) in [6.45, 7) is 2.81. The summed E-state index contributed by atoms with van der Waals surface area (Å²) < 4.78 is 34.0. The monoisotopic (exact) mass is 260 g/mol. The van der Waals surface area contributed by atoms with Crippen LogP contribution >= 0.6 is 24.1 Å². The van der Waals surface area contributed by atoms with E-state index in [9.17, 15) is 9.09 Å². The van der Waals surface area contributed by atoms with Crippen LogP contribution in [0.3, 0.4) is 0 Å². The van der Waals surface area contributed by atoms with E-state index in [-0.39, 0.29) is 0 Å². The zero-order chi connectivity index (χ0) is 9.83. The van der Waals surface area contributed by atoms with Gasteiger partial charge in [-0.3, -0.25) is 4.52 Å². The largest absolute Gasteiger partial charge is 0.518 e. The van der Waals surface area contributed by atoms with Gasteiger partial charge >= 0.3 is 7.82 Å². The molecule has 0 aromatic rings. The third kappa shape index (κ3) is 3.65. The molecule has 0 N–H and O–H groups in total. The van der Waals surface area contributed by atoms with Gasteiger partial charge in [-0.25, -0.2) is 8.18 Å². The van der Waals surface area contributed by atoms with E-state index in [1.54, 1.807) is 0 Å². The third-order valence-electron chi connectivity index (χ3n) is 0.857. The molecule has 70 valence electrons. The molecule has 0 bridgehead atoms. The average Bonchev–Trinajstić information content (AvgIpc) is 2.04. The standard InChI is InChI=1S/C5H7BrFO4P/c1-4-5(2,3)9-12(8,10-6)11-7/h1H,2-3H3. The molecule has 7 heteroatoms. The fourth-order valence-corrected chi connectivity index (χ4v) is 1.35. The minimum atomic E-state index is -4.21. The molecule has 0 aromatic heterocycles. The molecule has 0 aromatic carbocycles. The maximum atomic E-state index is 11.6. The lowest BCUT2D eigenvalue weighted by Crippen LogP contribution is -2.20. The van der Waals surface area contributed by atoms with E-state index in [4.69, 9.17) is 6.42 Å². The Balaban J connectivity index is 4.44. The van der Waals surface area contributed by atoms with Crippen LogP contribution in [0.5, 0.6) is 0 Å². The fourth-order valence-electron chi connectivity index (χ4n) is 0.345. The highest BCUT2D eigenvalue weighted by atomic mass is 79.9. The van der Waals surface area contributed by atoms with E-state index in [1.165, 1.54) is 13.8 Å². The van der Waals surface area contributed by atoms with Crippen LogP contribution in [0.4, 0.5) is 4.53 Å². The summed E-state index contributed by atoms with van der Waals surface area (Å²) in [5.41, 5.74) is -1.23. The van der Waals surface area contributed by atoms with Crippen molar-refractivity contribution in [1.29, 1.82) is 0 Å². The van der Waals surface area contributed by atoms with Crippen molar-refractivity contribution >= 4 is 24.1 Å². The average molecular weight is 261 g/mol. The Morgan fingerprint density at radius 3 is 2.42 bits per heavy atom. The lowest BCUT2D eigenvalue weighted by molar-refractivity contribution is -0.0544. The number of hydrogen-bond acceptors (Lipinski definition) is 4. The van der Waals surface area contributed by atoms with Gasteiger partial charge in [0.1, 0.15) is 21.9 Å². The van der Waals surface area contributed by atoms with Crippen LogP contribution in [-0.2, 0) is 17.4 Å². The number of rotatable bonds is 4. The molecule has 0 saturated carbocycles. The predicted octanol–water partition coefficient (Wildman–Crippen LogP) is 2.75. The molecule has 0 rings (SSSR count). The first-order valence-corrected chi connectivity index (χ1v) is 4.89. The first kappa shape index (κ1) is 12.1. The first-order chi connectivity index (χ1) is 5.39. The normalized spacial score (nSPS) is 16.6. The van der Waals surface area contributed by atoms with Gasteiger partial charge in [0.15, 0.2) is 0 Å². The van der Waals surface area contributed by atoms with Crippen molar-refractivity contribution in [3.05, 3.63) is 0 Å². The van der Waals surface area contributed by atoms with E-state index < -0.39 is 13.4 Å². The highest BCUT2D eigenvalue weighted by Gasteiger charge is 2.35. The van der Waals surface area contributed by atoms with E-state index in [0.717, 1.165) is 0 Å². The Morgan fingerprint density at radius 1 is 1.67 bits per heavy atom. The van der Waals surface area contributed by atoms with Gasteiger partial charge in [-0.2, -0.15) is 0 Å². The third-order valence-corrected chi connectivity index (χ3v) is 2.94. The zero-order valence-electron chi connectivity index (χ0n) is 6.41. The number of halogens is 2. The Labute approximate surface area is 78.3 Å². The Bertz CT molecular complexity index is 228. The van der Waals surface area contributed by atoms with Gasteiger partial charge in [0.05, 0.1) is 0 Å². The van der Waals surface area contributed by atoms with Crippen molar-refractivity contribution in [2.45, 2.75) is 19.4 Å². The number of phosphoric acid groups is 1. The SMILES string of the molecule is C#CC(C)(C)OP(=O)(OF)OBr. The minimum Gasteiger partial charge on any atom is -0.265 e. The van der Waals surface area contributed by atoms with Crippen LogP contribution in [0.15, 0.2) is 0 Å². The molecule has 0 radical (unpaired) electrons. The van der Waals surface area contributed by atoms with Crippen LogP contribution in [-0.4, -0.2) is 5.60 Å². The van der Waals surface area contributed by atoms with Crippen LogP contribution in [0.25, 0.3) is 0 Å². The maximum Gasteiger partial charge on any atom is 0.518 e. The first-order valence-electron chi connectivity index (χ1n) is 2.78. The van der Waals surface area contributed by atoms with E-state index in [2.05, 4.69) is 35.0 Å². The number of hydrogen-bond donors (Lipinski definition) is 0. The molecule has 12 heavy (non-hydrogen) atoms. The Hall–Kier alpha value is 0.0800. The van der Waals surface area contributed by atoms with Crippen LogP contribution in [0.1, 0.15) is 13.8 Å². The summed E-state index contributed by atoms with van der Waals surface area (Å²) in [4.78, 5) is 0. The Morgan fingerprint density at radius 2 is 2.17 bits per heavy atom. The fraction of sp³-hybridized carbons (Fsp3) is 0.600. The van der Waals surface area contributed by atoms with Gasteiger partial charge in [0.2, 0.25) is 0 Å². The van der Waals surface area contributed by atoms with E-state index in [0.29, 0.717) is 0 Å². The Kier molecular flexibility index (Phi) is 4.38. The predicted molar refractivity (Wildman–Crippen MR) is 43.8 cm³/mol. The number of terminal acetylenes is 1. The second-order valence-corrected chi connectivity index (χ2v) is 4.55. The second-order valence-electron chi connectivity index (χ2n) is 2.33. The highest BCUT2D eigenvalue weighted by Crippen LogP contribution is 2.54. The minimum absolute atomic E-state index is 1.23. The quantitative estimate of drug-likeness (QED) is 0.576. The molecule has 0 saturated heterocycles. The van der Waals surface area contributed by atoms with Gasteiger partial charge in [0.25, 0.3) is 0 Å². The van der Waals surface area contributed by atoms with Crippen molar-refractivity contribution in [3.8, 4) is 12.3 Å². The lowest BCUT2D eigenvalue weighted by Gasteiger charge is -2.20. The van der Waals surface area contributed by atoms with Crippen molar-refractivity contribution in [1.82, 2.24) is 0 Å². The molecule has 0 fully saturated rings. The molecule has 1 unspecified atom stereocenters. The molecule has 1 atom stereocenters. The van der Waals surface area contributed by atoms with Gasteiger partial charge in [0, 0.05) is 0 Å². The van der Waals surface area contributed by atoms with Crippen LogP contribution in [0.2, 0.25) is 0 Å². The molecular weight excluding hydrogens is 254 g/mol. The van der Waals surface area contributed by atoms with Crippen molar-refractivity contribution in [2.75, 3.05) is 0 Å². The van der Waals surface area contributed by atoms with Gasteiger partial charge in [-0.15, -0.1) is 6.42 Å². The zero-order valence-corrected chi connectivity index (χ0v) is 8.89. The molecule has 0 aliphatic carbocycles. The summed E-state index contributed by atoms with van der Waals surface area (Å²) in [5, 5.41) is 0. The van der Waals surface area contributed by atoms with Gasteiger partial charge < -0.3 is 0 Å². The molecule has 0 spiro atoms. The van der Waals surface area contributed by atoms with Gasteiger partial charge in [-0.1, -0.05) is 10.6 Å². The smallest absolute Gasteiger partial charge is 0.265 e. The summed E-state index contributed by atoms with van der Waals surface area (Å²) in [6.07, 6.45) is 4.98. The molecule has 0 aliphatic heterocycles. The maximum absolute atomic E-state index is 11.6. The van der Waals surface area contributed by atoms with Crippen LogP contribution < -0.4 is 0 Å². The molecule has 0 heterocycles. The van der Waals surface area contributed by atoms with Crippen molar-refractivity contribution in [2.24, 2.45) is 0 Å². The molecule has 4 nitrogen and oxygen atoms in total.